The Labute approximate surface area is 154 Å². The smallest absolute Gasteiger partial charge is 0.274 e. The van der Waals surface area contributed by atoms with Crippen LogP contribution in [0.25, 0.3) is 0 Å². The van der Waals surface area contributed by atoms with E-state index < -0.39 is 11.7 Å². The highest BCUT2D eigenvalue weighted by molar-refractivity contribution is 6.31. The van der Waals surface area contributed by atoms with Crippen LogP contribution >= 0.6 is 11.6 Å². The van der Waals surface area contributed by atoms with Crippen LogP contribution in [-0.4, -0.2) is 10.9 Å². The summed E-state index contributed by atoms with van der Waals surface area (Å²) in [5.74, 6) is -0.961. The maximum Gasteiger partial charge on any atom is 0.274 e. The zero-order chi connectivity index (χ0) is 18.5. The van der Waals surface area contributed by atoms with Gasteiger partial charge in [0.05, 0.1) is 16.3 Å². The molecule has 0 unspecified atom stereocenters. The van der Waals surface area contributed by atoms with Crippen molar-refractivity contribution in [3.05, 3.63) is 82.9 Å². The predicted octanol–water partition coefficient (Wildman–Crippen LogP) is 4.74. The maximum absolute atomic E-state index is 13.2. The molecule has 3 aromatic rings. The summed E-state index contributed by atoms with van der Waals surface area (Å²) in [6.07, 6.45) is 1.47. The Balaban J connectivity index is 1.79. The molecule has 0 saturated carbocycles. The third-order valence-electron chi connectivity index (χ3n) is 3.50. The second-order valence-electron chi connectivity index (χ2n) is 5.30. The number of nitrogens with one attached hydrogen (secondary N) is 2. The molecule has 0 saturated heterocycles. The summed E-state index contributed by atoms with van der Waals surface area (Å²) in [7, 11) is 0. The highest BCUT2D eigenvalue weighted by atomic mass is 35.5. The van der Waals surface area contributed by atoms with Crippen molar-refractivity contribution in [2.24, 2.45) is 0 Å². The van der Waals surface area contributed by atoms with Crippen molar-refractivity contribution >= 4 is 34.6 Å². The van der Waals surface area contributed by atoms with Crippen molar-refractivity contribution in [3.63, 3.8) is 0 Å². The first kappa shape index (κ1) is 17.4. The van der Waals surface area contributed by atoms with Crippen molar-refractivity contribution in [2.45, 2.75) is 0 Å². The molecule has 0 aliphatic carbocycles. The molecule has 0 aliphatic heterocycles. The van der Waals surface area contributed by atoms with E-state index in [2.05, 4.69) is 15.6 Å². The fourth-order valence-electron chi connectivity index (χ4n) is 2.25. The normalized spacial score (nSPS) is 10.0. The fraction of sp³-hybridized carbons (Fsp3) is 0. The van der Waals surface area contributed by atoms with Crippen molar-refractivity contribution in [1.82, 2.24) is 4.98 Å². The van der Waals surface area contributed by atoms with E-state index in [0.29, 0.717) is 22.6 Å². The summed E-state index contributed by atoms with van der Waals surface area (Å²) in [6.45, 7) is 0. The summed E-state index contributed by atoms with van der Waals surface area (Å²) in [6, 6.07) is 16.1. The van der Waals surface area contributed by atoms with Gasteiger partial charge in [0.1, 0.15) is 17.6 Å². The standard InChI is InChI=1S/C19H12ClFN4O/c20-15-9-13(5-6-16(15)21)24-14-7-8-23-18(10-14)19(26)25-17-4-2-1-3-12(17)11-22/h1-10H,(H,23,24)(H,25,26). The van der Waals surface area contributed by atoms with E-state index in [9.17, 15) is 9.18 Å². The lowest BCUT2D eigenvalue weighted by Crippen LogP contribution is -2.14. The Bertz CT molecular complexity index is 1020. The number of carbonyl (C=O) groups is 1. The molecule has 1 aromatic heterocycles. The lowest BCUT2D eigenvalue weighted by atomic mass is 10.2. The van der Waals surface area contributed by atoms with E-state index in [1.165, 1.54) is 24.4 Å². The molecular weight excluding hydrogens is 355 g/mol. The second-order valence-corrected chi connectivity index (χ2v) is 5.70. The molecule has 5 nitrogen and oxygen atoms in total. The van der Waals surface area contributed by atoms with E-state index in [-0.39, 0.29) is 10.7 Å². The number of para-hydroxylation sites is 1. The summed E-state index contributed by atoms with van der Waals surface area (Å²) in [5, 5.41) is 14.8. The van der Waals surface area contributed by atoms with Gasteiger partial charge in [0.15, 0.2) is 0 Å². The van der Waals surface area contributed by atoms with Gasteiger partial charge in [-0.3, -0.25) is 9.78 Å². The zero-order valence-corrected chi connectivity index (χ0v) is 14.1. The van der Waals surface area contributed by atoms with Gasteiger partial charge in [-0.1, -0.05) is 23.7 Å². The number of rotatable bonds is 4. The summed E-state index contributed by atoms with van der Waals surface area (Å²) in [5.41, 5.74) is 2.09. The van der Waals surface area contributed by atoms with E-state index in [4.69, 9.17) is 16.9 Å². The van der Waals surface area contributed by atoms with Crippen LogP contribution in [0, 0.1) is 17.1 Å². The van der Waals surface area contributed by atoms with Crippen molar-refractivity contribution in [3.8, 4) is 6.07 Å². The average Bonchev–Trinajstić information content (AvgIpc) is 2.65. The van der Waals surface area contributed by atoms with Crippen LogP contribution in [0.3, 0.4) is 0 Å². The zero-order valence-electron chi connectivity index (χ0n) is 13.3. The minimum absolute atomic E-state index is 0.00451. The highest BCUT2D eigenvalue weighted by Gasteiger charge is 2.11. The van der Waals surface area contributed by atoms with Crippen LogP contribution in [0.15, 0.2) is 60.8 Å². The minimum Gasteiger partial charge on any atom is -0.355 e. The number of nitriles is 1. The number of nitrogens with zero attached hydrogens (tertiary/aromatic N) is 2. The Morgan fingerprint density at radius 3 is 2.65 bits per heavy atom. The molecule has 1 amide bonds. The molecule has 0 bridgehead atoms. The number of hydrogen-bond donors (Lipinski definition) is 2. The fourth-order valence-corrected chi connectivity index (χ4v) is 2.43. The van der Waals surface area contributed by atoms with Crippen LogP contribution < -0.4 is 10.6 Å². The first-order valence-corrected chi connectivity index (χ1v) is 7.93. The van der Waals surface area contributed by atoms with Gasteiger partial charge in [0, 0.05) is 17.6 Å². The lowest BCUT2D eigenvalue weighted by molar-refractivity contribution is 0.102. The van der Waals surface area contributed by atoms with Gasteiger partial charge in [-0.15, -0.1) is 0 Å². The van der Waals surface area contributed by atoms with Crippen LogP contribution in [0.5, 0.6) is 0 Å². The highest BCUT2D eigenvalue weighted by Crippen LogP contribution is 2.23. The quantitative estimate of drug-likeness (QED) is 0.699. The van der Waals surface area contributed by atoms with E-state index >= 15 is 0 Å². The molecule has 3 rings (SSSR count). The van der Waals surface area contributed by atoms with Gasteiger partial charge >= 0.3 is 0 Å². The molecule has 0 aliphatic rings. The largest absolute Gasteiger partial charge is 0.355 e. The number of hydrogen-bond acceptors (Lipinski definition) is 4. The third kappa shape index (κ3) is 3.97. The van der Waals surface area contributed by atoms with Gasteiger partial charge in [-0.25, -0.2) is 4.39 Å². The molecule has 2 aromatic carbocycles. The average molecular weight is 367 g/mol. The molecule has 0 radical (unpaired) electrons. The molecule has 0 fully saturated rings. The van der Waals surface area contributed by atoms with Gasteiger partial charge < -0.3 is 10.6 Å². The van der Waals surface area contributed by atoms with Crippen molar-refractivity contribution in [1.29, 1.82) is 5.26 Å². The molecule has 7 heteroatoms. The van der Waals surface area contributed by atoms with Crippen molar-refractivity contribution < 1.29 is 9.18 Å². The first-order valence-electron chi connectivity index (χ1n) is 7.55. The second kappa shape index (κ2) is 7.64. The maximum atomic E-state index is 13.2. The Morgan fingerprint density at radius 1 is 1.12 bits per heavy atom. The number of aromatic nitrogens is 1. The van der Waals surface area contributed by atoms with Gasteiger partial charge in [0.2, 0.25) is 0 Å². The lowest BCUT2D eigenvalue weighted by Gasteiger charge is -2.09. The SMILES string of the molecule is N#Cc1ccccc1NC(=O)c1cc(Nc2ccc(F)c(Cl)c2)ccn1. The number of halogens is 2. The van der Waals surface area contributed by atoms with E-state index in [1.54, 1.807) is 36.4 Å². The summed E-state index contributed by atoms with van der Waals surface area (Å²) < 4.78 is 13.2. The molecule has 2 N–H and O–H groups in total. The Hall–Kier alpha value is -3.43. The number of benzene rings is 2. The monoisotopic (exact) mass is 366 g/mol. The van der Waals surface area contributed by atoms with Gasteiger partial charge in [0.25, 0.3) is 5.91 Å². The van der Waals surface area contributed by atoms with Crippen LogP contribution in [0.2, 0.25) is 5.02 Å². The number of amides is 1. The number of pyridine rings is 1. The summed E-state index contributed by atoms with van der Waals surface area (Å²) >= 11 is 5.76. The molecule has 26 heavy (non-hydrogen) atoms. The molecule has 0 atom stereocenters. The van der Waals surface area contributed by atoms with E-state index in [1.807, 2.05) is 6.07 Å². The number of anilines is 3. The minimum atomic E-state index is -0.511. The van der Waals surface area contributed by atoms with Crippen LogP contribution in [0.4, 0.5) is 21.5 Å². The van der Waals surface area contributed by atoms with Crippen LogP contribution in [0.1, 0.15) is 16.1 Å². The Morgan fingerprint density at radius 2 is 1.88 bits per heavy atom. The van der Waals surface area contributed by atoms with Crippen LogP contribution in [-0.2, 0) is 0 Å². The van der Waals surface area contributed by atoms with Gasteiger partial charge in [-0.2, -0.15) is 5.26 Å². The molecule has 128 valence electrons. The van der Waals surface area contributed by atoms with E-state index in [0.717, 1.165) is 0 Å². The van der Waals surface area contributed by atoms with Crippen molar-refractivity contribution in [2.75, 3.05) is 10.6 Å². The summed E-state index contributed by atoms with van der Waals surface area (Å²) in [4.78, 5) is 16.4. The third-order valence-corrected chi connectivity index (χ3v) is 3.79. The van der Waals surface area contributed by atoms with Gasteiger partial charge in [-0.05, 0) is 42.5 Å². The molecular formula is C19H12ClFN4O. The topological polar surface area (TPSA) is 77.8 Å². The molecule has 0 spiro atoms. The predicted molar refractivity (Wildman–Crippen MR) is 98.0 cm³/mol. The molecule has 1 heterocycles. The first-order chi connectivity index (χ1) is 12.6. The number of carbonyl (C=O) groups excluding carboxylic acids is 1. The Kier molecular flexibility index (Phi) is 5.11.